The van der Waals surface area contributed by atoms with Gasteiger partial charge in [-0.05, 0) is 36.5 Å². The monoisotopic (exact) mass is 312 g/mol. The van der Waals surface area contributed by atoms with E-state index in [0.717, 1.165) is 11.1 Å². The molecule has 3 heteroatoms. The number of aliphatic hydroxyl groups excluding tert-OH is 2. The molecule has 3 nitrogen and oxygen atoms in total. The minimum Gasteiger partial charge on any atom is -0.508 e. The predicted octanol–water partition coefficient (Wildman–Crippen LogP) is 2.73. The van der Waals surface area contributed by atoms with Gasteiger partial charge in [-0.15, -0.1) is 6.42 Å². The van der Waals surface area contributed by atoms with Crippen molar-refractivity contribution in [3.8, 4) is 18.1 Å². The number of phenolic OH excluding ortho intramolecular Hbond substituents is 1. The second-order valence-electron chi connectivity index (χ2n) is 7.79. The van der Waals surface area contributed by atoms with E-state index in [9.17, 15) is 15.3 Å². The van der Waals surface area contributed by atoms with Crippen molar-refractivity contribution < 1.29 is 15.3 Å². The summed E-state index contributed by atoms with van der Waals surface area (Å²) in [6.45, 7) is 7.87. The Balaban J connectivity index is 2.29. The van der Waals surface area contributed by atoms with E-state index in [0.29, 0.717) is 17.5 Å². The van der Waals surface area contributed by atoms with Crippen LogP contribution in [0.15, 0.2) is 12.1 Å². The number of aromatic hydroxyl groups is 1. The average Bonchev–Trinajstić information content (AvgIpc) is 2.47. The third kappa shape index (κ3) is 1.99. The van der Waals surface area contributed by atoms with Crippen LogP contribution >= 0.6 is 0 Å². The molecule has 122 valence electrons. The Morgan fingerprint density at radius 2 is 1.91 bits per heavy atom. The second kappa shape index (κ2) is 4.87. The molecular weight excluding hydrogens is 288 g/mol. The van der Waals surface area contributed by atoms with Crippen LogP contribution in [0.1, 0.15) is 49.4 Å². The van der Waals surface area contributed by atoms with Crippen molar-refractivity contribution in [2.75, 3.05) is 0 Å². The highest BCUT2D eigenvalue weighted by Crippen LogP contribution is 2.56. The van der Waals surface area contributed by atoms with Gasteiger partial charge in [0.25, 0.3) is 0 Å². The molecule has 1 aromatic rings. The molecular formula is C20H24O3. The molecule has 0 unspecified atom stereocenters. The Kier molecular flexibility index (Phi) is 3.41. The van der Waals surface area contributed by atoms with Crippen LogP contribution in [-0.4, -0.2) is 27.5 Å². The van der Waals surface area contributed by atoms with E-state index in [2.05, 4.69) is 18.9 Å². The average molecular weight is 312 g/mol. The molecule has 0 spiro atoms. The van der Waals surface area contributed by atoms with Gasteiger partial charge in [-0.2, -0.15) is 0 Å². The fourth-order valence-electron chi connectivity index (χ4n) is 4.72. The predicted molar refractivity (Wildman–Crippen MR) is 91.1 cm³/mol. The Morgan fingerprint density at radius 1 is 1.26 bits per heavy atom. The molecule has 3 N–H and O–H groups in total. The van der Waals surface area contributed by atoms with Gasteiger partial charge in [0, 0.05) is 22.0 Å². The fourth-order valence-corrected chi connectivity index (χ4v) is 4.72. The summed E-state index contributed by atoms with van der Waals surface area (Å²) in [7, 11) is 0. The fraction of sp³-hybridized carbons (Fsp3) is 0.500. The molecule has 1 saturated carbocycles. The first-order chi connectivity index (χ1) is 10.6. The van der Waals surface area contributed by atoms with Crippen LogP contribution in [0.5, 0.6) is 5.75 Å². The summed E-state index contributed by atoms with van der Waals surface area (Å²) in [6.07, 6.45) is 8.64. The third-order valence-corrected chi connectivity index (χ3v) is 6.06. The van der Waals surface area contributed by atoms with Gasteiger partial charge in [0.2, 0.25) is 0 Å². The van der Waals surface area contributed by atoms with E-state index in [4.69, 9.17) is 6.42 Å². The molecule has 0 saturated heterocycles. The molecule has 2 aliphatic rings. The van der Waals surface area contributed by atoms with Crippen LogP contribution in [0.25, 0.3) is 6.08 Å². The molecule has 1 aromatic carbocycles. The molecule has 0 bridgehead atoms. The van der Waals surface area contributed by atoms with E-state index >= 15 is 0 Å². The minimum atomic E-state index is -0.802. The highest BCUT2D eigenvalue weighted by molar-refractivity contribution is 5.71. The van der Waals surface area contributed by atoms with Crippen molar-refractivity contribution in [3.63, 3.8) is 0 Å². The Labute approximate surface area is 137 Å². The zero-order valence-corrected chi connectivity index (χ0v) is 14.1. The number of rotatable bonds is 0. The summed E-state index contributed by atoms with van der Waals surface area (Å²) < 4.78 is 0. The van der Waals surface area contributed by atoms with Crippen molar-refractivity contribution >= 4 is 6.08 Å². The zero-order valence-electron chi connectivity index (χ0n) is 14.1. The molecule has 0 amide bonds. The molecule has 4 atom stereocenters. The summed E-state index contributed by atoms with van der Waals surface area (Å²) in [4.78, 5) is 0. The van der Waals surface area contributed by atoms with Crippen molar-refractivity contribution in [1.82, 2.24) is 0 Å². The molecule has 0 aromatic heterocycles. The number of hydrogen-bond acceptors (Lipinski definition) is 3. The van der Waals surface area contributed by atoms with Crippen LogP contribution in [0.2, 0.25) is 0 Å². The number of terminal acetylenes is 1. The number of aliphatic hydroxyl groups is 2. The smallest absolute Gasteiger partial charge is 0.120 e. The van der Waals surface area contributed by atoms with Gasteiger partial charge in [0.15, 0.2) is 0 Å². The number of fused-ring (bicyclic) bond motifs is 3. The maximum Gasteiger partial charge on any atom is 0.120 e. The Hall–Kier alpha value is -1.76. The number of phenols is 1. The van der Waals surface area contributed by atoms with E-state index in [-0.39, 0.29) is 17.1 Å². The van der Waals surface area contributed by atoms with Crippen LogP contribution in [0, 0.1) is 30.6 Å². The lowest BCUT2D eigenvalue weighted by molar-refractivity contribution is -0.126. The first-order valence-corrected chi connectivity index (χ1v) is 8.02. The summed E-state index contributed by atoms with van der Waals surface area (Å²) in [6, 6.07) is 1.78. The van der Waals surface area contributed by atoms with Crippen molar-refractivity contribution in [1.29, 1.82) is 0 Å². The van der Waals surface area contributed by atoms with Crippen LogP contribution < -0.4 is 0 Å². The van der Waals surface area contributed by atoms with Crippen LogP contribution in [-0.2, 0) is 5.41 Å². The first kappa shape index (κ1) is 16.1. The van der Waals surface area contributed by atoms with Crippen molar-refractivity contribution in [3.05, 3.63) is 34.4 Å². The molecule has 0 heterocycles. The summed E-state index contributed by atoms with van der Waals surface area (Å²) in [5, 5.41) is 31.2. The van der Waals surface area contributed by atoms with Gasteiger partial charge in [0.05, 0.1) is 12.2 Å². The normalized spacial score (nSPS) is 34.4. The van der Waals surface area contributed by atoms with E-state index < -0.39 is 17.6 Å². The van der Waals surface area contributed by atoms with Gasteiger partial charge in [-0.25, -0.2) is 0 Å². The molecule has 0 aliphatic heterocycles. The first-order valence-electron chi connectivity index (χ1n) is 8.02. The topological polar surface area (TPSA) is 60.7 Å². The molecule has 3 rings (SSSR count). The maximum absolute atomic E-state index is 10.4. The molecule has 1 fully saturated rings. The van der Waals surface area contributed by atoms with E-state index in [1.807, 2.05) is 26.8 Å². The van der Waals surface area contributed by atoms with Crippen molar-refractivity contribution in [2.24, 2.45) is 11.3 Å². The highest BCUT2D eigenvalue weighted by Gasteiger charge is 2.55. The standard InChI is InChI=1S/C20H24O3/c1-6-12-11(2)15(21)9-14-13(12)7-8-17-19(3,4)18(23)16(22)10-20(14,17)5/h1,7-9,16-18,21-23H,10H2,2-5H3/t16-,17-,18-,20+/m1/s1. The third-order valence-electron chi connectivity index (χ3n) is 6.06. The minimum absolute atomic E-state index is 0.0497. The molecule has 2 aliphatic carbocycles. The number of benzene rings is 1. The number of hydrogen-bond donors (Lipinski definition) is 3. The van der Waals surface area contributed by atoms with E-state index in [1.165, 1.54) is 0 Å². The Bertz CT molecular complexity index is 738. The summed E-state index contributed by atoms with van der Waals surface area (Å²) in [5.74, 6) is 2.93. The highest BCUT2D eigenvalue weighted by atomic mass is 16.3. The van der Waals surface area contributed by atoms with Crippen molar-refractivity contribution in [2.45, 2.75) is 51.7 Å². The lowest BCUT2D eigenvalue weighted by Crippen LogP contribution is -2.58. The largest absolute Gasteiger partial charge is 0.508 e. The summed E-state index contributed by atoms with van der Waals surface area (Å²) >= 11 is 0. The maximum atomic E-state index is 10.4. The lowest BCUT2D eigenvalue weighted by atomic mass is 9.50. The zero-order chi connectivity index (χ0) is 17.2. The quantitative estimate of drug-likeness (QED) is 0.646. The van der Waals surface area contributed by atoms with Crippen LogP contribution in [0.4, 0.5) is 0 Å². The summed E-state index contributed by atoms with van der Waals surface area (Å²) in [5.41, 5.74) is 2.45. The van der Waals surface area contributed by atoms with Gasteiger partial charge in [0.1, 0.15) is 5.75 Å². The number of allylic oxidation sites excluding steroid dienone is 1. The van der Waals surface area contributed by atoms with Gasteiger partial charge < -0.3 is 15.3 Å². The van der Waals surface area contributed by atoms with Crippen LogP contribution in [0.3, 0.4) is 0 Å². The van der Waals surface area contributed by atoms with Gasteiger partial charge in [-0.3, -0.25) is 0 Å². The second-order valence-corrected chi connectivity index (χ2v) is 7.79. The Morgan fingerprint density at radius 3 is 2.52 bits per heavy atom. The van der Waals surface area contributed by atoms with Gasteiger partial charge >= 0.3 is 0 Å². The molecule has 23 heavy (non-hydrogen) atoms. The van der Waals surface area contributed by atoms with Gasteiger partial charge in [-0.1, -0.05) is 38.8 Å². The molecule has 0 radical (unpaired) electrons. The lowest BCUT2D eigenvalue weighted by Gasteiger charge is -2.56. The van der Waals surface area contributed by atoms with E-state index in [1.54, 1.807) is 6.07 Å². The SMILES string of the molecule is C#Cc1c(C)c(O)cc2c1C=C[C@@H]1C(C)(C)[C@H](O)[C@H](O)C[C@@]21C.